The Bertz CT molecular complexity index is 1230. The molecule has 0 unspecified atom stereocenters. The standard InChI is InChI=1S/C24H21N3O6/c1-30-22-13-19(10-11-21(22)32-15-18-8-5-9-20(12-18)27(28)29)24-25-23(33-26-24)16-31-14-17-6-3-2-4-7-17/h2-13H,14-16H2,1H3. The number of nitrogens with zero attached hydrogens (tertiary/aromatic N) is 3. The third-order valence-corrected chi connectivity index (χ3v) is 4.74. The summed E-state index contributed by atoms with van der Waals surface area (Å²) in [5.41, 5.74) is 2.43. The number of ether oxygens (including phenoxy) is 3. The zero-order valence-electron chi connectivity index (χ0n) is 17.8. The van der Waals surface area contributed by atoms with E-state index in [4.69, 9.17) is 18.7 Å². The maximum absolute atomic E-state index is 10.9. The van der Waals surface area contributed by atoms with Crippen molar-refractivity contribution in [3.8, 4) is 22.9 Å². The normalized spacial score (nSPS) is 10.7. The van der Waals surface area contributed by atoms with Gasteiger partial charge in [-0.05, 0) is 29.3 Å². The van der Waals surface area contributed by atoms with E-state index < -0.39 is 4.92 Å². The van der Waals surface area contributed by atoms with Crippen molar-refractivity contribution in [2.24, 2.45) is 0 Å². The van der Waals surface area contributed by atoms with Crippen molar-refractivity contribution in [1.82, 2.24) is 10.1 Å². The highest BCUT2D eigenvalue weighted by molar-refractivity contribution is 5.60. The predicted octanol–water partition coefficient (Wildman–Crippen LogP) is 4.95. The molecule has 0 N–H and O–H groups in total. The summed E-state index contributed by atoms with van der Waals surface area (Å²) in [7, 11) is 1.53. The quantitative estimate of drug-likeness (QED) is 0.248. The Morgan fingerprint density at radius 2 is 1.73 bits per heavy atom. The van der Waals surface area contributed by atoms with Gasteiger partial charge < -0.3 is 18.7 Å². The van der Waals surface area contributed by atoms with Crippen molar-refractivity contribution in [2.75, 3.05) is 7.11 Å². The molecule has 0 aliphatic rings. The van der Waals surface area contributed by atoms with Crippen LogP contribution in [-0.2, 0) is 24.6 Å². The highest BCUT2D eigenvalue weighted by atomic mass is 16.6. The summed E-state index contributed by atoms with van der Waals surface area (Å²) in [6.07, 6.45) is 0. The Balaban J connectivity index is 1.39. The van der Waals surface area contributed by atoms with Gasteiger partial charge in [-0.3, -0.25) is 10.1 Å². The molecule has 1 heterocycles. The minimum Gasteiger partial charge on any atom is -0.493 e. The molecule has 0 amide bonds. The fourth-order valence-corrected chi connectivity index (χ4v) is 3.11. The minimum absolute atomic E-state index is 0.0130. The maximum atomic E-state index is 10.9. The van der Waals surface area contributed by atoms with Crippen LogP contribution in [0.5, 0.6) is 11.5 Å². The van der Waals surface area contributed by atoms with Crippen LogP contribution < -0.4 is 9.47 Å². The monoisotopic (exact) mass is 447 g/mol. The highest BCUT2D eigenvalue weighted by Crippen LogP contribution is 2.32. The van der Waals surface area contributed by atoms with Crippen molar-refractivity contribution in [3.05, 3.63) is 99.9 Å². The fraction of sp³-hybridized carbons (Fsp3) is 0.167. The van der Waals surface area contributed by atoms with Crippen LogP contribution in [0.15, 0.2) is 77.3 Å². The van der Waals surface area contributed by atoms with E-state index in [1.165, 1.54) is 19.2 Å². The minimum atomic E-state index is -0.440. The van der Waals surface area contributed by atoms with E-state index in [1.807, 2.05) is 30.3 Å². The Morgan fingerprint density at radius 3 is 2.52 bits per heavy atom. The highest BCUT2D eigenvalue weighted by Gasteiger charge is 2.13. The van der Waals surface area contributed by atoms with E-state index in [0.717, 1.165) is 5.56 Å². The molecule has 0 saturated carbocycles. The van der Waals surface area contributed by atoms with Crippen molar-refractivity contribution in [2.45, 2.75) is 19.8 Å². The van der Waals surface area contributed by atoms with Crippen LogP contribution in [0.4, 0.5) is 5.69 Å². The van der Waals surface area contributed by atoms with Crippen LogP contribution in [0.3, 0.4) is 0 Å². The fourth-order valence-electron chi connectivity index (χ4n) is 3.11. The topological polar surface area (TPSA) is 110 Å². The number of rotatable bonds is 10. The molecule has 0 spiro atoms. The first kappa shape index (κ1) is 22.0. The number of nitro groups is 1. The van der Waals surface area contributed by atoms with E-state index in [1.54, 1.807) is 30.3 Å². The second-order valence-corrected chi connectivity index (χ2v) is 7.07. The van der Waals surface area contributed by atoms with Crippen molar-refractivity contribution >= 4 is 5.69 Å². The molecule has 168 valence electrons. The molecule has 9 heteroatoms. The van der Waals surface area contributed by atoms with Gasteiger partial charge >= 0.3 is 0 Å². The molecular weight excluding hydrogens is 426 g/mol. The molecule has 3 aromatic carbocycles. The van der Waals surface area contributed by atoms with Crippen LogP contribution in [0, 0.1) is 10.1 Å². The second-order valence-electron chi connectivity index (χ2n) is 7.07. The number of hydrogen-bond acceptors (Lipinski definition) is 8. The Labute approximate surface area is 189 Å². The van der Waals surface area contributed by atoms with Gasteiger partial charge in [0.2, 0.25) is 5.82 Å². The smallest absolute Gasteiger partial charge is 0.269 e. The van der Waals surface area contributed by atoms with Gasteiger partial charge in [-0.25, -0.2) is 0 Å². The summed E-state index contributed by atoms with van der Waals surface area (Å²) in [5.74, 6) is 1.73. The lowest BCUT2D eigenvalue weighted by Gasteiger charge is -2.11. The second kappa shape index (κ2) is 10.4. The van der Waals surface area contributed by atoms with Crippen LogP contribution in [0.25, 0.3) is 11.4 Å². The van der Waals surface area contributed by atoms with Gasteiger partial charge in [-0.2, -0.15) is 4.98 Å². The molecule has 0 atom stereocenters. The lowest BCUT2D eigenvalue weighted by atomic mass is 10.2. The third kappa shape index (κ3) is 5.72. The molecule has 4 aromatic rings. The van der Waals surface area contributed by atoms with Crippen LogP contribution in [-0.4, -0.2) is 22.2 Å². The average Bonchev–Trinajstić information content (AvgIpc) is 3.32. The SMILES string of the molecule is COc1cc(-c2noc(COCc3ccccc3)n2)ccc1OCc1cccc([N+](=O)[O-])c1. The molecule has 9 nitrogen and oxygen atoms in total. The Morgan fingerprint density at radius 1 is 0.909 bits per heavy atom. The molecule has 4 rings (SSSR count). The van der Waals surface area contributed by atoms with Crippen LogP contribution >= 0.6 is 0 Å². The molecule has 33 heavy (non-hydrogen) atoms. The molecule has 1 aromatic heterocycles. The molecule has 0 aliphatic heterocycles. The number of hydrogen-bond donors (Lipinski definition) is 0. The summed E-state index contributed by atoms with van der Waals surface area (Å²) in [6.45, 7) is 0.801. The lowest BCUT2D eigenvalue weighted by molar-refractivity contribution is -0.384. The first-order chi connectivity index (χ1) is 16.1. The van der Waals surface area contributed by atoms with E-state index in [-0.39, 0.29) is 18.9 Å². The zero-order chi connectivity index (χ0) is 23.0. The third-order valence-electron chi connectivity index (χ3n) is 4.74. The number of nitro benzene ring substituents is 1. The first-order valence-corrected chi connectivity index (χ1v) is 10.1. The van der Waals surface area contributed by atoms with Gasteiger partial charge in [-0.15, -0.1) is 0 Å². The van der Waals surface area contributed by atoms with Crippen LogP contribution in [0.1, 0.15) is 17.0 Å². The zero-order valence-corrected chi connectivity index (χ0v) is 17.8. The number of benzene rings is 3. The van der Waals surface area contributed by atoms with Gasteiger partial charge in [0.25, 0.3) is 11.6 Å². The summed E-state index contributed by atoms with van der Waals surface area (Å²) in [5, 5.41) is 15.0. The maximum Gasteiger partial charge on any atom is 0.269 e. The van der Waals surface area contributed by atoms with E-state index in [2.05, 4.69) is 10.1 Å². The summed E-state index contributed by atoms with van der Waals surface area (Å²) < 4.78 is 22.2. The van der Waals surface area contributed by atoms with Gasteiger partial charge in [0.05, 0.1) is 18.6 Å². The summed E-state index contributed by atoms with van der Waals surface area (Å²) >= 11 is 0. The molecule has 0 fully saturated rings. The van der Waals surface area contributed by atoms with E-state index in [9.17, 15) is 10.1 Å². The van der Waals surface area contributed by atoms with Gasteiger partial charge in [0.15, 0.2) is 11.5 Å². The number of aromatic nitrogens is 2. The first-order valence-electron chi connectivity index (χ1n) is 10.1. The summed E-state index contributed by atoms with van der Waals surface area (Å²) in [4.78, 5) is 14.9. The molecule has 0 saturated heterocycles. The van der Waals surface area contributed by atoms with Gasteiger partial charge in [-0.1, -0.05) is 47.6 Å². The lowest BCUT2D eigenvalue weighted by Crippen LogP contribution is -1.99. The molecule has 0 bridgehead atoms. The van der Waals surface area contributed by atoms with E-state index in [0.29, 0.717) is 40.9 Å². The van der Waals surface area contributed by atoms with Crippen molar-refractivity contribution < 1.29 is 23.7 Å². The largest absolute Gasteiger partial charge is 0.493 e. The Hall–Kier alpha value is -4.24. The van der Waals surface area contributed by atoms with Gasteiger partial charge in [0, 0.05) is 17.7 Å². The molecule has 0 aliphatic carbocycles. The molecule has 0 radical (unpaired) electrons. The van der Waals surface area contributed by atoms with Crippen LogP contribution in [0.2, 0.25) is 0 Å². The van der Waals surface area contributed by atoms with Crippen molar-refractivity contribution in [3.63, 3.8) is 0 Å². The van der Waals surface area contributed by atoms with E-state index >= 15 is 0 Å². The Kier molecular flexibility index (Phi) is 6.91. The number of non-ortho nitro benzene ring substituents is 1. The average molecular weight is 447 g/mol. The number of methoxy groups -OCH3 is 1. The summed E-state index contributed by atoms with van der Waals surface area (Å²) in [6, 6.07) is 21.4. The predicted molar refractivity (Wildman–Crippen MR) is 119 cm³/mol. The van der Waals surface area contributed by atoms with Gasteiger partial charge in [0.1, 0.15) is 13.2 Å². The van der Waals surface area contributed by atoms with Crippen molar-refractivity contribution in [1.29, 1.82) is 0 Å². The molecular formula is C24H21N3O6.